The highest BCUT2D eigenvalue weighted by Gasteiger charge is 2.30. The van der Waals surface area contributed by atoms with Gasteiger partial charge in [-0.25, -0.2) is 14.8 Å². The minimum atomic E-state index is -0.520. The largest absolute Gasteiger partial charge is 0.487 e. The van der Waals surface area contributed by atoms with Gasteiger partial charge in [-0.2, -0.15) is 4.99 Å². The van der Waals surface area contributed by atoms with Crippen LogP contribution in [0.25, 0.3) is 11.0 Å². The molecule has 1 aromatic heterocycles. The van der Waals surface area contributed by atoms with E-state index in [1.165, 1.54) is 18.5 Å². The number of ether oxygens (including phenoxy) is 2. The van der Waals surface area contributed by atoms with Crippen LogP contribution in [-0.4, -0.2) is 36.5 Å². The summed E-state index contributed by atoms with van der Waals surface area (Å²) in [4.78, 5) is 35.5. The second-order valence-electron chi connectivity index (χ2n) is 7.32. The van der Waals surface area contributed by atoms with Crippen LogP contribution in [0.1, 0.15) is 31.4 Å². The third-order valence-corrected chi connectivity index (χ3v) is 4.62. The number of amides is 1. The molecule has 2 aliphatic rings. The molecule has 0 aliphatic carbocycles. The highest BCUT2D eigenvalue weighted by Crippen LogP contribution is 2.42. The van der Waals surface area contributed by atoms with Gasteiger partial charge < -0.3 is 13.9 Å². The lowest BCUT2D eigenvalue weighted by molar-refractivity contribution is -0.119. The number of carbonyl (C=O) groups is 1. The molecule has 0 radical (unpaired) electrons. The van der Waals surface area contributed by atoms with E-state index in [2.05, 4.69) is 15.0 Å². The van der Waals surface area contributed by atoms with Crippen molar-refractivity contribution in [3.8, 4) is 11.5 Å². The van der Waals surface area contributed by atoms with Crippen LogP contribution in [0, 0.1) is 6.92 Å². The minimum absolute atomic E-state index is 0.0937. The van der Waals surface area contributed by atoms with E-state index >= 15 is 0 Å². The van der Waals surface area contributed by atoms with Crippen molar-refractivity contribution in [2.24, 2.45) is 15.0 Å². The third-order valence-electron chi connectivity index (χ3n) is 4.62. The van der Waals surface area contributed by atoms with Gasteiger partial charge in [0.25, 0.3) is 11.9 Å². The molecule has 3 heterocycles. The smallest absolute Gasteiger partial charge is 0.336 e. The van der Waals surface area contributed by atoms with E-state index in [0.29, 0.717) is 34.5 Å². The Morgan fingerprint density at radius 1 is 1.29 bits per heavy atom. The lowest BCUT2D eigenvalue weighted by Crippen LogP contribution is -2.32. The summed E-state index contributed by atoms with van der Waals surface area (Å²) in [5, 5.41) is 0.652. The summed E-state index contributed by atoms with van der Waals surface area (Å²) in [5.74, 6) is 0.570. The zero-order chi connectivity index (χ0) is 19.9. The Bertz CT molecular complexity index is 1110. The van der Waals surface area contributed by atoms with Gasteiger partial charge in [0.05, 0.1) is 5.39 Å². The number of aryl methyl sites for hydroxylation is 2. The molecule has 2 aliphatic heterocycles. The Morgan fingerprint density at radius 2 is 2.04 bits per heavy atom. The van der Waals surface area contributed by atoms with Crippen LogP contribution in [-0.2, 0) is 11.2 Å². The monoisotopic (exact) mass is 381 g/mol. The van der Waals surface area contributed by atoms with E-state index < -0.39 is 11.5 Å². The molecule has 0 N–H and O–H groups in total. The molecular weight excluding hydrogens is 362 g/mol. The number of aliphatic imine (C=N–C) groups is 3. The van der Waals surface area contributed by atoms with Crippen molar-refractivity contribution < 1.29 is 18.7 Å². The molecule has 1 aromatic carbocycles. The van der Waals surface area contributed by atoms with Crippen molar-refractivity contribution in [1.29, 1.82) is 0 Å². The van der Waals surface area contributed by atoms with Gasteiger partial charge in [-0.15, -0.1) is 0 Å². The molecule has 2 aromatic rings. The number of carbonyl (C=O) groups excluding carboxylic acids is 1. The van der Waals surface area contributed by atoms with E-state index in [1.807, 2.05) is 13.8 Å². The first kappa shape index (κ1) is 18.1. The lowest BCUT2D eigenvalue weighted by Gasteiger charge is -2.33. The summed E-state index contributed by atoms with van der Waals surface area (Å²) < 4.78 is 17.3. The standard InChI is InChI=1S/C20H19N3O5/c1-11-8-16(25)27-18-12-4-5-20(2,3)28-13(12)9-14(17(11)18)26-10-15(24)23-19-21-6-7-22-19/h6-9H,4-5,10H2,1-3H3. The molecule has 8 heteroatoms. The van der Waals surface area contributed by atoms with Crippen LogP contribution in [0.4, 0.5) is 0 Å². The molecule has 0 bridgehead atoms. The molecule has 8 nitrogen and oxygen atoms in total. The molecule has 144 valence electrons. The first-order chi connectivity index (χ1) is 13.3. The van der Waals surface area contributed by atoms with Gasteiger partial charge in [0.15, 0.2) is 6.61 Å². The van der Waals surface area contributed by atoms with E-state index in [0.717, 1.165) is 12.0 Å². The van der Waals surface area contributed by atoms with Gasteiger partial charge in [0.1, 0.15) is 22.7 Å². The first-order valence-electron chi connectivity index (χ1n) is 8.93. The van der Waals surface area contributed by atoms with Crippen molar-refractivity contribution in [3.63, 3.8) is 0 Å². The molecular formula is C20H19N3O5. The van der Waals surface area contributed by atoms with Gasteiger partial charge in [0, 0.05) is 30.1 Å². The summed E-state index contributed by atoms with van der Waals surface area (Å²) in [7, 11) is 0. The van der Waals surface area contributed by atoms with Crippen LogP contribution in [0.5, 0.6) is 11.5 Å². The summed E-state index contributed by atoms with van der Waals surface area (Å²) in [6.45, 7) is 5.49. The summed E-state index contributed by atoms with van der Waals surface area (Å²) >= 11 is 0. The van der Waals surface area contributed by atoms with E-state index in [4.69, 9.17) is 13.9 Å². The third kappa shape index (κ3) is 3.45. The number of fused-ring (bicyclic) bond motifs is 3. The van der Waals surface area contributed by atoms with Crippen LogP contribution in [0.3, 0.4) is 0 Å². The Balaban J connectivity index is 1.74. The fourth-order valence-electron chi connectivity index (χ4n) is 3.31. The SMILES string of the molecule is Cc1cc(=O)oc2c3c(cc(OCC(=O)N=C4N=CC=N4)c12)OC(C)(C)CC3. The topological polar surface area (TPSA) is 103 Å². The Hall–Kier alpha value is -3.29. The van der Waals surface area contributed by atoms with Gasteiger partial charge in [-0.1, -0.05) is 0 Å². The average molecular weight is 381 g/mol. The van der Waals surface area contributed by atoms with Gasteiger partial charge in [-0.05, 0) is 39.2 Å². The maximum Gasteiger partial charge on any atom is 0.336 e. The van der Waals surface area contributed by atoms with Crippen LogP contribution in [0.2, 0.25) is 0 Å². The maximum atomic E-state index is 12.1. The Labute approximate surface area is 160 Å². The second-order valence-corrected chi connectivity index (χ2v) is 7.32. The number of nitrogens with zero attached hydrogens (tertiary/aromatic N) is 3. The number of guanidine groups is 1. The predicted octanol–water partition coefficient (Wildman–Crippen LogP) is 2.62. The lowest BCUT2D eigenvalue weighted by atomic mass is 9.92. The van der Waals surface area contributed by atoms with Crippen molar-refractivity contribution in [3.05, 3.63) is 33.7 Å². The first-order valence-corrected chi connectivity index (χ1v) is 8.93. The maximum absolute atomic E-state index is 12.1. The molecule has 0 saturated heterocycles. The van der Waals surface area contributed by atoms with Crippen LogP contribution in [0.15, 0.2) is 36.3 Å². The number of hydrogen-bond acceptors (Lipinski definition) is 5. The normalized spacial score (nSPS) is 16.8. The fourth-order valence-corrected chi connectivity index (χ4v) is 3.31. The van der Waals surface area contributed by atoms with Gasteiger partial charge in [0.2, 0.25) is 0 Å². The van der Waals surface area contributed by atoms with E-state index in [9.17, 15) is 9.59 Å². The van der Waals surface area contributed by atoms with Crippen molar-refractivity contribution in [1.82, 2.24) is 0 Å². The Morgan fingerprint density at radius 3 is 2.79 bits per heavy atom. The predicted molar refractivity (Wildman–Crippen MR) is 105 cm³/mol. The molecule has 0 unspecified atom stereocenters. The number of rotatable bonds is 3. The molecule has 0 atom stereocenters. The minimum Gasteiger partial charge on any atom is -0.487 e. The Kier molecular flexibility index (Phi) is 4.33. The summed E-state index contributed by atoms with van der Waals surface area (Å²) in [6.07, 6.45) is 4.42. The fraction of sp³-hybridized carbons (Fsp3) is 0.350. The highest BCUT2D eigenvalue weighted by molar-refractivity contribution is 6.26. The van der Waals surface area contributed by atoms with Crippen LogP contribution >= 0.6 is 0 Å². The second kappa shape index (κ2) is 6.70. The molecule has 0 spiro atoms. The summed E-state index contributed by atoms with van der Waals surface area (Å²) in [6, 6.07) is 3.15. The molecule has 0 fully saturated rings. The van der Waals surface area contributed by atoms with Crippen molar-refractivity contribution in [2.75, 3.05) is 6.61 Å². The molecule has 0 saturated carbocycles. The van der Waals surface area contributed by atoms with Gasteiger partial charge in [-0.3, -0.25) is 4.79 Å². The summed E-state index contributed by atoms with van der Waals surface area (Å²) in [5.41, 5.74) is 1.20. The quantitative estimate of drug-likeness (QED) is 0.761. The number of benzene rings is 1. The average Bonchev–Trinajstić information content (AvgIpc) is 3.11. The molecule has 1 amide bonds. The molecule has 4 rings (SSSR count). The van der Waals surface area contributed by atoms with Crippen LogP contribution < -0.4 is 15.1 Å². The van der Waals surface area contributed by atoms with Crippen molar-refractivity contribution in [2.45, 2.75) is 39.2 Å². The number of hydrogen-bond donors (Lipinski definition) is 0. The highest BCUT2D eigenvalue weighted by atomic mass is 16.5. The van der Waals surface area contributed by atoms with E-state index in [-0.39, 0.29) is 18.2 Å². The zero-order valence-corrected chi connectivity index (χ0v) is 15.8. The zero-order valence-electron chi connectivity index (χ0n) is 15.8. The van der Waals surface area contributed by atoms with Crippen molar-refractivity contribution >= 4 is 35.3 Å². The van der Waals surface area contributed by atoms with Gasteiger partial charge >= 0.3 is 5.63 Å². The van der Waals surface area contributed by atoms with E-state index in [1.54, 1.807) is 13.0 Å². The molecule has 28 heavy (non-hydrogen) atoms.